The molecule has 0 unspecified atom stereocenters. The van der Waals surface area contributed by atoms with Crippen LogP contribution in [0.25, 0.3) is 77.2 Å². The van der Waals surface area contributed by atoms with Gasteiger partial charge in [-0.15, -0.1) is 0 Å². The molecular formula is C40H28. The van der Waals surface area contributed by atoms with E-state index in [4.69, 9.17) is 0 Å². The Bertz CT molecular complexity index is 2100. The van der Waals surface area contributed by atoms with Gasteiger partial charge in [0.15, 0.2) is 0 Å². The Labute approximate surface area is 235 Å². The van der Waals surface area contributed by atoms with Gasteiger partial charge in [-0.3, -0.25) is 0 Å². The lowest BCUT2D eigenvalue weighted by molar-refractivity contribution is 1.47. The van der Waals surface area contributed by atoms with E-state index in [-0.39, 0.29) is 0 Å². The normalized spacial score (nSPS) is 11.8. The van der Waals surface area contributed by atoms with E-state index in [9.17, 15) is 0 Å². The molecule has 0 radical (unpaired) electrons. The molecule has 1 aliphatic carbocycles. The molecule has 7 aromatic rings. The van der Waals surface area contributed by atoms with Crippen LogP contribution in [0.1, 0.15) is 11.1 Å². The first kappa shape index (κ1) is 23.0. The Balaban J connectivity index is 1.61. The first-order valence-corrected chi connectivity index (χ1v) is 14.0. The van der Waals surface area contributed by atoms with Crippen LogP contribution < -0.4 is 0 Å². The molecule has 0 nitrogen and oxygen atoms in total. The first-order valence-electron chi connectivity index (χ1n) is 14.0. The SMILES string of the molecule is Cc1cccc(-c2ccc3c(-c4ccccc4)c4c(c(-c5ccccc5)c3c2)-c2cccc3c(C)ccc-4c23)c1. The van der Waals surface area contributed by atoms with Gasteiger partial charge in [0.1, 0.15) is 0 Å². The average Bonchev–Trinajstić information content (AvgIpc) is 3.33. The minimum atomic E-state index is 1.25. The summed E-state index contributed by atoms with van der Waals surface area (Å²) in [5.74, 6) is 0. The summed E-state index contributed by atoms with van der Waals surface area (Å²) < 4.78 is 0. The molecule has 0 saturated heterocycles. The molecule has 0 N–H and O–H groups in total. The Morgan fingerprint density at radius 3 is 1.65 bits per heavy atom. The third kappa shape index (κ3) is 3.33. The third-order valence-corrected chi connectivity index (χ3v) is 8.58. The topological polar surface area (TPSA) is 0 Å². The molecule has 0 heteroatoms. The monoisotopic (exact) mass is 508 g/mol. The molecule has 188 valence electrons. The zero-order valence-corrected chi connectivity index (χ0v) is 22.7. The predicted molar refractivity (Wildman–Crippen MR) is 172 cm³/mol. The van der Waals surface area contributed by atoms with Crippen LogP contribution in [0.2, 0.25) is 0 Å². The number of hydrogen-bond donors (Lipinski definition) is 0. The Morgan fingerprint density at radius 2 is 0.950 bits per heavy atom. The molecule has 0 heterocycles. The Kier molecular flexibility index (Phi) is 5.06. The summed E-state index contributed by atoms with van der Waals surface area (Å²) >= 11 is 0. The second kappa shape index (κ2) is 8.79. The average molecular weight is 509 g/mol. The maximum Gasteiger partial charge on any atom is -0.000741 e. The minimum Gasteiger partial charge on any atom is -0.0622 e. The van der Waals surface area contributed by atoms with Gasteiger partial charge >= 0.3 is 0 Å². The van der Waals surface area contributed by atoms with Crippen molar-refractivity contribution in [1.29, 1.82) is 0 Å². The molecule has 7 aromatic carbocycles. The fourth-order valence-electron chi connectivity index (χ4n) is 6.81. The van der Waals surface area contributed by atoms with Crippen molar-refractivity contribution in [2.45, 2.75) is 13.8 Å². The number of benzene rings is 7. The Hall–Kier alpha value is -4.94. The second-order valence-corrected chi connectivity index (χ2v) is 11.0. The van der Waals surface area contributed by atoms with E-state index in [1.165, 1.54) is 88.3 Å². The van der Waals surface area contributed by atoms with Gasteiger partial charge in [-0.1, -0.05) is 133 Å². The molecule has 0 aliphatic heterocycles. The summed E-state index contributed by atoms with van der Waals surface area (Å²) in [6.07, 6.45) is 0. The van der Waals surface area contributed by atoms with Crippen LogP contribution in [0.3, 0.4) is 0 Å². The highest BCUT2D eigenvalue weighted by atomic mass is 14.3. The quantitative estimate of drug-likeness (QED) is 0.223. The lowest BCUT2D eigenvalue weighted by Crippen LogP contribution is -1.94. The number of rotatable bonds is 3. The van der Waals surface area contributed by atoms with E-state index >= 15 is 0 Å². The van der Waals surface area contributed by atoms with Gasteiger partial charge in [-0.2, -0.15) is 0 Å². The van der Waals surface area contributed by atoms with Crippen LogP contribution in [-0.2, 0) is 0 Å². The van der Waals surface area contributed by atoms with Crippen LogP contribution in [0.5, 0.6) is 0 Å². The van der Waals surface area contributed by atoms with E-state index in [1.807, 2.05) is 0 Å². The van der Waals surface area contributed by atoms with Crippen LogP contribution >= 0.6 is 0 Å². The summed E-state index contributed by atoms with van der Waals surface area (Å²) in [4.78, 5) is 0. The summed E-state index contributed by atoms with van der Waals surface area (Å²) in [6, 6.07) is 49.3. The lowest BCUT2D eigenvalue weighted by atomic mass is 9.82. The molecular weight excluding hydrogens is 480 g/mol. The van der Waals surface area contributed by atoms with Crippen molar-refractivity contribution in [3.63, 3.8) is 0 Å². The predicted octanol–water partition coefficient (Wildman–Crippen LogP) is 11.3. The van der Waals surface area contributed by atoms with Gasteiger partial charge in [0.2, 0.25) is 0 Å². The number of aryl methyl sites for hydroxylation is 2. The van der Waals surface area contributed by atoms with Gasteiger partial charge < -0.3 is 0 Å². The van der Waals surface area contributed by atoms with Crippen LogP contribution in [-0.4, -0.2) is 0 Å². The highest BCUT2D eigenvalue weighted by Crippen LogP contribution is 2.58. The number of hydrogen-bond acceptors (Lipinski definition) is 0. The lowest BCUT2D eigenvalue weighted by Gasteiger charge is -2.21. The zero-order valence-electron chi connectivity index (χ0n) is 22.7. The smallest absolute Gasteiger partial charge is 0.000741 e. The fraction of sp³-hybridized carbons (Fsp3) is 0.0500. The van der Waals surface area contributed by atoms with E-state index in [0.29, 0.717) is 0 Å². The van der Waals surface area contributed by atoms with Crippen LogP contribution in [0.15, 0.2) is 133 Å². The van der Waals surface area contributed by atoms with E-state index in [1.54, 1.807) is 0 Å². The summed E-state index contributed by atoms with van der Waals surface area (Å²) in [6.45, 7) is 4.40. The maximum atomic E-state index is 2.42. The van der Waals surface area contributed by atoms with Crippen LogP contribution in [0, 0.1) is 13.8 Å². The van der Waals surface area contributed by atoms with Crippen molar-refractivity contribution in [3.05, 3.63) is 145 Å². The summed E-state index contributed by atoms with van der Waals surface area (Å²) in [7, 11) is 0. The van der Waals surface area contributed by atoms with E-state index < -0.39 is 0 Å². The third-order valence-electron chi connectivity index (χ3n) is 8.58. The van der Waals surface area contributed by atoms with Crippen molar-refractivity contribution in [3.8, 4) is 55.6 Å². The van der Waals surface area contributed by atoms with E-state index in [2.05, 4.69) is 147 Å². The van der Waals surface area contributed by atoms with Gasteiger partial charge in [-0.05, 0) is 103 Å². The van der Waals surface area contributed by atoms with Crippen LogP contribution in [0.4, 0.5) is 0 Å². The van der Waals surface area contributed by atoms with Crippen molar-refractivity contribution < 1.29 is 0 Å². The number of fused-ring (bicyclic) bond motifs is 4. The standard InChI is InChI=1S/C40H28/c1-25-11-9-16-29(23-25)30-20-22-32-35(24-30)37(28-14-7-4-8-15-28)39-33-18-10-17-31-26(2)19-21-34(38(31)33)40(39)36(32)27-12-5-3-6-13-27/h3-24H,1-2H3. The Morgan fingerprint density at radius 1 is 0.350 bits per heavy atom. The molecule has 0 fully saturated rings. The van der Waals surface area contributed by atoms with Gasteiger partial charge in [0.25, 0.3) is 0 Å². The van der Waals surface area contributed by atoms with Crippen molar-refractivity contribution in [1.82, 2.24) is 0 Å². The minimum absolute atomic E-state index is 1.25. The highest BCUT2D eigenvalue weighted by molar-refractivity contribution is 6.28. The molecule has 0 aromatic heterocycles. The van der Waals surface area contributed by atoms with Crippen molar-refractivity contribution >= 4 is 21.5 Å². The maximum absolute atomic E-state index is 2.42. The van der Waals surface area contributed by atoms with Crippen molar-refractivity contribution in [2.75, 3.05) is 0 Å². The summed E-state index contributed by atoms with van der Waals surface area (Å²) in [5, 5.41) is 5.31. The molecule has 0 saturated carbocycles. The zero-order chi connectivity index (χ0) is 26.8. The molecule has 1 aliphatic rings. The van der Waals surface area contributed by atoms with E-state index in [0.717, 1.165) is 0 Å². The second-order valence-electron chi connectivity index (χ2n) is 11.0. The largest absolute Gasteiger partial charge is 0.0622 e. The van der Waals surface area contributed by atoms with Gasteiger partial charge in [0.05, 0.1) is 0 Å². The molecule has 0 bridgehead atoms. The molecule has 0 atom stereocenters. The highest BCUT2D eigenvalue weighted by Gasteiger charge is 2.30. The molecule has 8 rings (SSSR count). The summed E-state index contributed by atoms with van der Waals surface area (Å²) in [5.41, 5.74) is 15.6. The molecule has 0 spiro atoms. The molecule has 0 amide bonds. The first-order chi connectivity index (χ1) is 19.7. The van der Waals surface area contributed by atoms with Crippen molar-refractivity contribution in [2.24, 2.45) is 0 Å². The van der Waals surface area contributed by atoms with Gasteiger partial charge in [-0.25, -0.2) is 0 Å². The fourth-order valence-corrected chi connectivity index (χ4v) is 6.81. The van der Waals surface area contributed by atoms with Gasteiger partial charge in [0, 0.05) is 0 Å². The molecule has 40 heavy (non-hydrogen) atoms.